The quantitative estimate of drug-likeness (QED) is 0.781. The molecule has 2 saturated heterocycles. The third-order valence-electron chi connectivity index (χ3n) is 5.28. The summed E-state index contributed by atoms with van der Waals surface area (Å²) in [5, 5.41) is 0.901. The van der Waals surface area contributed by atoms with E-state index in [1.54, 1.807) is 11.0 Å². The lowest BCUT2D eigenvalue weighted by atomic mass is 10.2. The van der Waals surface area contributed by atoms with Crippen LogP contribution in [0.5, 0.6) is 0 Å². The van der Waals surface area contributed by atoms with E-state index < -0.39 is 0 Å². The third kappa shape index (κ3) is 3.49. The van der Waals surface area contributed by atoms with Gasteiger partial charge in [-0.2, -0.15) is 0 Å². The SMILES string of the molecule is O=C1CCCN1CCCN1C(=O)CN(C(=O)c2cc3ccccc3[nH]2)CC1=O. The zero-order valence-electron chi connectivity index (χ0n) is 15.5. The second kappa shape index (κ2) is 7.46. The molecule has 0 radical (unpaired) electrons. The molecule has 0 aliphatic carbocycles. The predicted molar refractivity (Wildman–Crippen MR) is 101 cm³/mol. The molecule has 0 saturated carbocycles. The second-order valence-corrected chi connectivity index (χ2v) is 7.21. The van der Waals surface area contributed by atoms with Crippen molar-refractivity contribution in [2.75, 3.05) is 32.7 Å². The van der Waals surface area contributed by atoms with Crippen molar-refractivity contribution in [3.63, 3.8) is 0 Å². The second-order valence-electron chi connectivity index (χ2n) is 7.21. The van der Waals surface area contributed by atoms with Crippen LogP contribution in [-0.4, -0.2) is 76.0 Å². The van der Waals surface area contributed by atoms with Crippen molar-refractivity contribution in [3.8, 4) is 0 Å². The lowest BCUT2D eigenvalue weighted by Crippen LogP contribution is -2.56. The largest absolute Gasteiger partial charge is 0.351 e. The van der Waals surface area contributed by atoms with E-state index in [1.807, 2.05) is 24.3 Å². The molecule has 0 unspecified atom stereocenters. The monoisotopic (exact) mass is 382 g/mol. The Kier molecular flexibility index (Phi) is 4.85. The Balaban J connectivity index is 1.36. The number of amides is 4. The highest BCUT2D eigenvalue weighted by Gasteiger charge is 2.34. The number of nitrogens with one attached hydrogen (secondary N) is 1. The van der Waals surface area contributed by atoms with Crippen LogP contribution in [0.15, 0.2) is 30.3 Å². The summed E-state index contributed by atoms with van der Waals surface area (Å²) in [7, 11) is 0. The van der Waals surface area contributed by atoms with Gasteiger partial charge >= 0.3 is 0 Å². The molecule has 1 aromatic heterocycles. The summed E-state index contributed by atoms with van der Waals surface area (Å²) in [6.45, 7) is 1.32. The van der Waals surface area contributed by atoms with Gasteiger partial charge in [0.2, 0.25) is 17.7 Å². The summed E-state index contributed by atoms with van der Waals surface area (Å²) in [5.41, 5.74) is 1.20. The van der Waals surface area contributed by atoms with Gasteiger partial charge in [0.25, 0.3) is 5.91 Å². The molecule has 2 aliphatic rings. The number of piperazine rings is 1. The number of benzene rings is 1. The van der Waals surface area contributed by atoms with Gasteiger partial charge < -0.3 is 14.8 Å². The van der Waals surface area contributed by atoms with E-state index in [0.29, 0.717) is 25.1 Å². The number of likely N-dealkylation sites (tertiary alicyclic amines) is 1. The van der Waals surface area contributed by atoms with Crippen LogP contribution in [0.25, 0.3) is 10.9 Å². The van der Waals surface area contributed by atoms with Gasteiger partial charge in [-0.3, -0.25) is 24.1 Å². The summed E-state index contributed by atoms with van der Waals surface area (Å²) in [6, 6.07) is 9.24. The maximum atomic E-state index is 12.7. The summed E-state index contributed by atoms with van der Waals surface area (Å²) in [6.07, 6.45) is 2.00. The van der Waals surface area contributed by atoms with Gasteiger partial charge in [-0.25, -0.2) is 0 Å². The maximum Gasteiger partial charge on any atom is 0.271 e. The maximum absolute atomic E-state index is 12.7. The van der Waals surface area contributed by atoms with E-state index in [4.69, 9.17) is 0 Å². The number of para-hydroxylation sites is 1. The first kappa shape index (κ1) is 18.2. The number of aromatic amines is 1. The van der Waals surface area contributed by atoms with Gasteiger partial charge in [0, 0.05) is 37.0 Å². The third-order valence-corrected chi connectivity index (χ3v) is 5.28. The van der Waals surface area contributed by atoms with E-state index >= 15 is 0 Å². The van der Waals surface area contributed by atoms with Crippen molar-refractivity contribution in [3.05, 3.63) is 36.0 Å². The molecular formula is C20H22N4O4. The molecule has 1 aromatic carbocycles. The molecule has 4 amide bonds. The molecule has 8 nitrogen and oxygen atoms in total. The summed E-state index contributed by atoms with van der Waals surface area (Å²) < 4.78 is 0. The molecule has 146 valence electrons. The molecule has 28 heavy (non-hydrogen) atoms. The van der Waals surface area contributed by atoms with Gasteiger partial charge in [-0.05, 0) is 25.0 Å². The topological polar surface area (TPSA) is 93.8 Å². The Bertz CT molecular complexity index is 900. The molecule has 0 bridgehead atoms. The van der Waals surface area contributed by atoms with E-state index in [-0.39, 0.29) is 43.3 Å². The van der Waals surface area contributed by atoms with Crippen molar-refractivity contribution < 1.29 is 19.2 Å². The van der Waals surface area contributed by atoms with Crippen molar-refractivity contribution in [2.45, 2.75) is 19.3 Å². The highest BCUT2D eigenvalue weighted by atomic mass is 16.2. The molecular weight excluding hydrogens is 360 g/mol. The van der Waals surface area contributed by atoms with Crippen molar-refractivity contribution >= 4 is 34.5 Å². The number of carbonyl (C=O) groups is 4. The Hall–Kier alpha value is -3.16. The van der Waals surface area contributed by atoms with Gasteiger partial charge in [-0.15, -0.1) is 0 Å². The van der Waals surface area contributed by atoms with Gasteiger partial charge in [0.05, 0.1) is 0 Å². The Morgan fingerprint density at radius 3 is 2.43 bits per heavy atom. The van der Waals surface area contributed by atoms with Gasteiger partial charge in [-0.1, -0.05) is 18.2 Å². The van der Waals surface area contributed by atoms with Gasteiger partial charge in [0.15, 0.2) is 0 Å². The Labute approximate surface area is 162 Å². The van der Waals surface area contributed by atoms with Crippen LogP contribution in [0, 0.1) is 0 Å². The fraction of sp³-hybridized carbons (Fsp3) is 0.400. The Morgan fingerprint density at radius 2 is 1.75 bits per heavy atom. The zero-order valence-corrected chi connectivity index (χ0v) is 15.5. The smallest absolute Gasteiger partial charge is 0.271 e. The van der Waals surface area contributed by atoms with Crippen LogP contribution in [0.4, 0.5) is 0 Å². The average molecular weight is 382 g/mol. The molecule has 2 aromatic rings. The lowest BCUT2D eigenvalue weighted by Gasteiger charge is -2.32. The highest BCUT2D eigenvalue weighted by Crippen LogP contribution is 2.17. The Morgan fingerprint density at radius 1 is 1.00 bits per heavy atom. The number of nitrogens with zero attached hydrogens (tertiary/aromatic N) is 3. The average Bonchev–Trinajstić information content (AvgIpc) is 3.29. The number of hydrogen-bond acceptors (Lipinski definition) is 4. The van der Waals surface area contributed by atoms with Crippen LogP contribution in [0.3, 0.4) is 0 Å². The fourth-order valence-electron chi connectivity index (χ4n) is 3.80. The van der Waals surface area contributed by atoms with Gasteiger partial charge in [0.1, 0.15) is 18.8 Å². The van der Waals surface area contributed by atoms with Crippen molar-refractivity contribution in [1.82, 2.24) is 19.7 Å². The highest BCUT2D eigenvalue weighted by molar-refractivity contribution is 6.06. The van der Waals surface area contributed by atoms with Crippen LogP contribution in [0.1, 0.15) is 29.8 Å². The molecule has 4 rings (SSSR count). The minimum atomic E-state index is -0.381. The predicted octanol–water partition coefficient (Wildman–Crippen LogP) is 0.991. The molecule has 0 atom stereocenters. The van der Waals surface area contributed by atoms with E-state index in [0.717, 1.165) is 23.9 Å². The van der Waals surface area contributed by atoms with Crippen molar-refractivity contribution in [2.24, 2.45) is 0 Å². The summed E-state index contributed by atoms with van der Waals surface area (Å²) >= 11 is 0. The zero-order chi connectivity index (χ0) is 19.7. The minimum absolute atomic E-state index is 0.122. The summed E-state index contributed by atoms with van der Waals surface area (Å²) in [4.78, 5) is 56.5. The van der Waals surface area contributed by atoms with E-state index in [9.17, 15) is 19.2 Å². The lowest BCUT2D eigenvalue weighted by molar-refractivity contribution is -0.150. The first-order valence-electron chi connectivity index (χ1n) is 9.51. The van der Waals surface area contributed by atoms with E-state index in [1.165, 1.54) is 9.80 Å². The molecule has 2 aliphatic heterocycles. The van der Waals surface area contributed by atoms with Crippen LogP contribution in [0.2, 0.25) is 0 Å². The van der Waals surface area contributed by atoms with E-state index in [2.05, 4.69) is 4.98 Å². The molecule has 8 heteroatoms. The number of aromatic nitrogens is 1. The standard InChI is InChI=1S/C20H22N4O4/c25-17-7-3-8-22(17)9-4-10-24-18(26)12-23(13-19(24)27)20(28)16-11-14-5-1-2-6-15(14)21-16/h1-2,5-6,11,21H,3-4,7-10,12-13H2. The summed E-state index contributed by atoms with van der Waals surface area (Å²) in [5.74, 6) is -0.992. The fourth-order valence-corrected chi connectivity index (χ4v) is 3.80. The number of carbonyl (C=O) groups excluding carboxylic acids is 4. The first-order valence-corrected chi connectivity index (χ1v) is 9.51. The number of fused-ring (bicyclic) bond motifs is 1. The molecule has 2 fully saturated rings. The minimum Gasteiger partial charge on any atom is -0.351 e. The number of rotatable bonds is 5. The van der Waals surface area contributed by atoms with Crippen LogP contribution >= 0.6 is 0 Å². The molecule has 1 N–H and O–H groups in total. The van der Waals surface area contributed by atoms with Crippen LogP contribution in [-0.2, 0) is 14.4 Å². The number of imide groups is 1. The molecule has 3 heterocycles. The van der Waals surface area contributed by atoms with Crippen LogP contribution < -0.4 is 0 Å². The van der Waals surface area contributed by atoms with Crippen molar-refractivity contribution in [1.29, 1.82) is 0 Å². The molecule has 0 spiro atoms. The first-order chi connectivity index (χ1) is 13.5. The normalized spacial score (nSPS) is 17.9. The number of H-pyrrole nitrogens is 1. The number of hydrogen-bond donors (Lipinski definition) is 1.